The van der Waals surface area contributed by atoms with Crippen LogP contribution < -0.4 is 16.0 Å². The molecule has 1 aromatic heterocycles. The van der Waals surface area contributed by atoms with Gasteiger partial charge in [0.1, 0.15) is 0 Å². The maximum absolute atomic E-state index is 12.2. The fraction of sp³-hybridized carbons (Fsp3) is 0.207. The first-order chi connectivity index (χ1) is 16.3. The second-order valence-corrected chi connectivity index (χ2v) is 10.1. The van der Waals surface area contributed by atoms with Crippen LogP contribution in [-0.4, -0.2) is 17.1 Å². The second-order valence-electron chi connectivity index (χ2n) is 7.95. The summed E-state index contributed by atoms with van der Waals surface area (Å²) in [5, 5.41) is 2.63. The van der Waals surface area contributed by atoms with Crippen LogP contribution in [0.4, 0.5) is 0 Å². The molecule has 3 aromatic carbocycles. The van der Waals surface area contributed by atoms with Crippen LogP contribution in [0.1, 0.15) is 31.7 Å². The molecule has 0 amide bonds. The molecule has 0 N–H and O–H groups in total. The highest BCUT2D eigenvalue weighted by molar-refractivity contribution is 7.79. The van der Waals surface area contributed by atoms with Gasteiger partial charge in [-0.05, 0) is 47.2 Å². The number of benzene rings is 3. The number of esters is 1. The normalized spacial score (nSPS) is 11.0. The lowest BCUT2D eigenvalue weighted by molar-refractivity contribution is -0.143. The van der Waals surface area contributed by atoms with Crippen molar-refractivity contribution in [1.29, 1.82) is 0 Å². The molecule has 0 radical (unpaired) electrons. The van der Waals surface area contributed by atoms with E-state index in [-0.39, 0.29) is 5.97 Å². The fourth-order valence-electron chi connectivity index (χ4n) is 3.92. The van der Waals surface area contributed by atoms with Gasteiger partial charge in [0.25, 0.3) is 0 Å². The molecule has 168 valence electrons. The van der Waals surface area contributed by atoms with Gasteiger partial charge in [-0.25, -0.2) is 0 Å². The minimum Gasteiger partial charge on any atom is -0.466 e. The number of hydrogen-bond donors (Lipinski definition) is 0. The molecule has 1 heterocycles. The molecule has 4 heteroatoms. The van der Waals surface area contributed by atoms with Crippen molar-refractivity contribution in [2.75, 3.05) is 6.61 Å². The first kappa shape index (κ1) is 23.0. The molecule has 4 rings (SSSR count). The zero-order valence-corrected chi connectivity index (χ0v) is 20.0. The number of unbranched alkanes of at least 4 members (excludes halogenated alkanes) is 1. The summed E-state index contributed by atoms with van der Waals surface area (Å²) >= 11 is 0. The van der Waals surface area contributed by atoms with E-state index >= 15 is 0 Å². The Morgan fingerprint density at radius 3 is 2.12 bits per heavy atom. The van der Waals surface area contributed by atoms with Crippen LogP contribution in [0.2, 0.25) is 0 Å². The van der Waals surface area contributed by atoms with Gasteiger partial charge in [-0.1, -0.05) is 92.2 Å². The maximum atomic E-state index is 12.2. The summed E-state index contributed by atoms with van der Waals surface area (Å²) in [6.45, 7) is 2.61. The van der Waals surface area contributed by atoms with Crippen LogP contribution in [-0.2, 0) is 16.0 Å². The Labute approximate surface area is 197 Å². The van der Waals surface area contributed by atoms with E-state index in [1.165, 1.54) is 16.0 Å². The number of hydrogen-bond acceptors (Lipinski definition) is 2. The predicted molar refractivity (Wildman–Crippen MR) is 139 cm³/mol. The summed E-state index contributed by atoms with van der Waals surface area (Å²) in [5.41, 5.74) is 3.54. The van der Waals surface area contributed by atoms with Crippen molar-refractivity contribution in [3.63, 3.8) is 0 Å². The van der Waals surface area contributed by atoms with Crippen molar-refractivity contribution in [3.8, 4) is 5.69 Å². The summed E-state index contributed by atoms with van der Waals surface area (Å²) in [6, 6.07) is 34.1. The van der Waals surface area contributed by atoms with Crippen molar-refractivity contribution in [2.24, 2.45) is 0 Å². The minimum absolute atomic E-state index is 0.123. The van der Waals surface area contributed by atoms with E-state index in [9.17, 15) is 4.79 Å². The monoisotopic (exact) mass is 455 g/mol. The van der Waals surface area contributed by atoms with E-state index in [2.05, 4.69) is 109 Å². The fourth-order valence-corrected chi connectivity index (χ4v) is 6.31. The summed E-state index contributed by atoms with van der Waals surface area (Å²) in [4.78, 5) is 12.2. The molecular weight excluding hydrogens is 425 g/mol. The number of para-hydroxylation sites is 1. The minimum atomic E-state index is -0.726. The van der Waals surface area contributed by atoms with Gasteiger partial charge >= 0.3 is 5.97 Å². The van der Waals surface area contributed by atoms with Crippen LogP contribution in [0, 0.1) is 0 Å². The van der Waals surface area contributed by atoms with Gasteiger partial charge in [0.2, 0.25) is 0 Å². The molecule has 0 spiro atoms. The Morgan fingerprint density at radius 1 is 0.818 bits per heavy atom. The second kappa shape index (κ2) is 11.6. The van der Waals surface area contributed by atoms with Crippen LogP contribution in [0.15, 0.2) is 103 Å². The molecule has 0 saturated heterocycles. The molecule has 0 saturated carbocycles. The third-order valence-corrected chi connectivity index (χ3v) is 8.05. The molecule has 0 fully saturated rings. The van der Waals surface area contributed by atoms with E-state index in [0.717, 1.165) is 24.1 Å². The first-order valence-corrected chi connectivity index (χ1v) is 12.9. The van der Waals surface area contributed by atoms with Gasteiger partial charge in [0.15, 0.2) is 0 Å². The van der Waals surface area contributed by atoms with Crippen molar-refractivity contribution >= 4 is 29.9 Å². The summed E-state index contributed by atoms with van der Waals surface area (Å²) in [5.74, 6) is -0.123. The molecule has 0 atom stereocenters. The molecule has 0 aliphatic heterocycles. The van der Waals surface area contributed by atoms with Gasteiger partial charge in [-0.2, -0.15) is 0 Å². The number of nitrogens with zero attached hydrogens (tertiary/aromatic N) is 1. The summed E-state index contributed by atoms with van der Waals surface area (Å²) in [6.07, 6.45) is 5.13. The lowest BCUT2D eigenvalue weighted by Crippen LogP contribution is -2.25. The van der Waals surface area contributed by atoms with Crippen LogP contribution in [0.3, 0.4) is 0 Å². The number of ether oxygens (including phenoxy) is 1. The lowest BCUT2D eigenvalue weighted by Gasteiger charge is -2.22. The topological polar surface area (TPSA) is 31.2 Å². The van der Waals surface area contributed by atoms with E-state index in [1.54, 1.807) is 0 Å². The van der Waals surface area contributed by atoms with Crippen molar-refractivity contribution in [1.82, 2.24) is 4.57 Å². The average Bonchev–Trinajstić information content (AvgIpc) is 3.34. The average molecular weight is 456 g/mol. The van der Waals surface area contributed by atoms with Gasteiger partial charge in [0.05, 0.1) is 12.0 Å². The first-order valence-electron chi connectivity index (χ1n) is 11.6. The lowest BCUT2D eigenvalue weighted by atomic mass is 10.1. The highest BCUT2D eigenvalue weighted by Crippen LogP contribution is 2.34. The SMILES string of the molecule is CCCCOC(=O)CCc1ccccc1-n1cccc1P(c1ccccc1)c1ccccc1. The molecule has 3 nitrogen and oxygen atoms in total. The summed E-state index contributed by atoms with van der Waals surface area (Å²) < 4.78 is 7.66. The Hall–Kier alpha value is -3.16. The highest BCUT2D eigenvalue weighted by atomic mass is 31.1. The molecular formula is C29H30NO2P. The van der Waals surface area contributed by atoms with E-state index in [1.807, 2.05) is 6.07 Å². The third kappa shape index (κ3) is 5.80. The number of carbonyl (C=O) groups is 1. The Balaban J connectivity index is 1.66. The molecule has 4 aromatic rings. The Bertz CT molecular complexity index is 1110. The zero-order chi connectivity index (χ0) is 22.9. The number of rotatable bonds is 10. The van der Waals surface area contributed by atoms with E-state index in [0.29, 0.717) is 19.4 Å². The van der Waals surface area contributed by atoms with Gasteiger partial charge in [0, 0.05) is 26.2 Å². The number of aromatic nitrogens is 1. The molecule has 0 aliphatic rings. The molecule has 0 bridgehead atoms. The van der Waals surface area contributed by atoms with Crippen molar-refractivity contribution in [3.05, 3.63) is 109 Å². The highest BCUT2D eigenvalue weighted by Gasteiger charge is 2.21. The third-order valence-electron chi connectivity index (χ3n) is 5.60. The molecule has 0 aliphatic carbocycles. The van der Waals surface area contributed by atoms with E-state index < -0.39 is 7.92 Å². The molecule has 0 unspecified atom stereocenters. The van der Waals surface area contributed by atoms with Gasteiger partial charge in [-0.15, -0.1) is 0 Å². The zero-order valence-electron chi connectivity index (χ0n) is 19.1. The number of carbonyl (C=O) groups excluding carboxylic acids is 1. The Morgan fingerprint density at radius 2 is 1.45 bits per heavy atom. The van der Waals surface area contributed by atoms with Crippen LogP contribution in [0.25, 0.3) is 5.69 Å². The predicted octanol–water partition coefficient (Wildman–Crippen LogP) is 5.51. The van der Waals surface area contributed by atoms with Crippen molar-refractivity contribution < 1.29 is 9.53 Å². The standard InChI is InChI=1S/C29H30NO2P/c1-2-3-23-32-29(31)21-20-24-13-10-11-18-27(24)30-22-12-19-28(30)33(25-14-6-4-7-15-25)26-16-8-5-9-17-26/h4-19,22H,2-3,20-21,23H2,1H3. The van der Waals surface area contributed by atoms with E-state index in [4.69, 9.17) is 4.74 Å². The maximum Gasteiger partial charge on any atom is 0.306 e. The van der Waals surface area contributed by atoms with Crippen LogP contribution >= 0.6 is 7.92 Å². The van der Waals surface area contributed by atoms with Gasteiger partial charge < -0.3 is 9.30 Å². The quantitative estimate of drug-likeness (QED) is 0.179. The van der Waals surface area contributed by atoms with Gasteiger partial charge in [-0.3, -0.25) is 4.79 Å². The smallest absolute Gasteiger partial charge is 0.306 e. The Kier molecular flexibility index (Phi) is 8.11. The number of aryl methyl sites for hydroxylation is 1. The molecule has 33 heavy (non-hydrogen) atoms. The van der Waals surface area contributed by atoms with Crippen molar-refractivity contribution in [2.45, 2.75) is 32.6 Å². The summed E-state index contributed by atoms with van der Waals surface area (Å²) in [7, 11) is -0.726. The largest absolute Gasteiger partial charge is 0.466 e. The van der Waals surface area contributed by atoms with Crippen LogP contribution in [0.5, 0.6) is 0 Å².